The van der Waals surface area contributed by atoms with E-state index in [-0.39, 0.29) is 11.9 Å². The van der Waals surface area contributed by atoms with E-state index < -0.39 is 0 Å². The first-order valence-corrected chi connectivity index (χ1v) is 12.8. The molecule has 3 saturated carbocycles. The first-order chi connectivity index (χ1) is 15.7. The average molecular weight is 437 g/mol. The van der Waals surface area contributed by atoms with E-state index in [4.69, 9.17) is 9.47 Å². The molecule has 3 heteroatoms. The van der Waals surface area contributed by atoms with Crippen molar-refractivity contribution in [3.63, 3.8) is 0 Å². The van der Waals surface area contributed by atoms with E-state index in [1.807, 2.05) is 24.3 Å². The molecule has 3 fully saturated rings. The molecule has 3 aliphatic rings. The SMILES string of the molecule is C=CCOc1ccc(OC(=O)C2CCC(C3CCC4CC(/C=C/C)CCC4C3)CC2)cc1. The number of fused-ring (bicyclic) bond motifs is 1. The number of allylic oxidation sites excluding steroid dienone is 2. The molecule has 4 unspecified atom stereocenters. The molecule has 0 spiro atoms. The number of carbonyl (C=O) groups excluding carboxylic acids is 1. The Morgan fingerprint density at radius 2 is 1.47 bits per heavy atom. The van der Waals surface area contributed by atoms with Crippen molar-refractivity contribution in [2.24, 2.45) is 35.5 Å². The second-order valence-electron chi connectivity index (χ2n) is 10.3. The van der Waals surface area contributed by atoms with Gasteiger partial charge in [0.1, 0.15) is 18.1 Å². The third-order valence-corrected chi connectivity index (χ3v) is 8.34. The second kappa shape index (κ2) is 11.2. The highest BCUT2D eigenvalue weighted by Gasteiger charge is 2.39. The average Bonchev–Trinajstić information content (AvgIpc) is 2.83. The number of ether oxygens (including phenoxy) is 2. The number of esters is 1. The molecule has 0 saturated heterocycles. The maximum absolute atomic E-state index is 12.7. The van der Waals surface area contributed by atoms with Crippen LogP contribution in [0, 0.1) is 35.5 Å². The molecule has 0 aromatic heterocycles. The fourth-order valence-corrected chi connectivity index (χ4v) is 6.62. The van der Waals surface area contributed by atoms with E-state index in [2.05, 4.69) is 25.7 Å². The van der Waals surface area contributed by atoms with Crippen LogP contribution in [-0.2, 0) is 4.79 Å². The zero-order valence-electron chi connectivity index (χ0n) is 19.7. The summed E-state index contributed by atoms with van der Waals surface area (Å²) >= 11 is 0. The van der Waals surface area contributed by atoms with Crippen molar-refractivity contribution in [1.82, 2.24) is 0 Å². The lowest BCUT2D eigenvalue weighted by Crippen LogP contribution is -2.35. The van der Waals surface area contributed by atoms with Crippen LogP contribution in [0.2, 0.25) is 0 Å². The minimum Gasteiger partial charge on any atom is -0.490 e. The normalized spacial score (nSPS) is 32.8. The monoisotopic (exact) mass is 436 g/mol. The summed E-state index contributed by atoms with van der Waals surface area (Å²) in [5.41, 5.74) is 0. The summed E-state index contributed by atoms with van der Waals surface area (Å²) in [4.78, 5) is 12.7. The van der Waals surface area contributed by atoms with Crippen molar-refractivity contribution in [2.75, 3.05) is 6.61 Å². The van der Waals surface area contributed by atoms with Gasteiger partial charge in [-0.25, -0.2) is 0 Å². The minimum atomic E-state index is -0.0609. The fourth-order valence-electron chi connectivity index (χ4n) is 6.62. The van der Waals surface area contributed by atoms with Crippen LogP contribution in [0.4, 0.5) is 0 Å². The van der Waals surface area contributed by atoms with Gasteiger partial charge in [0.25, 0.3) is 0 Å². The van der Waals surface area contributed by atoms with Gasteiger partial charge in [-0.05, 0) is 125 Å². The van der Waals surface area contributed by atoms with Crippen LogP contribution in [0.1, 0.15) is 71.1 Å². The van der Waals surface area contributed by atoms with Crippen LogP contribution >= 0.6 is 0 Å². The van der Waals surface area contributed by atoms with E-state index in [1.54, 1.807) is 6.08 Å². The van der Waals surface area contributed by atoms with Crippen molar-refractivity contribution in [3.05, 3.63) is 49.1 Å². The Labute approximate surface area is 194 Å². The lowest BCUT2D eigenvalue weighted by Gasteiger charge is -2.45. The molecule has 0 aliphatic heterocycles. The molecule has 4 atom stereocenters. The number of benzene rings is 1. The van der Waals surface area contributed by atoms with Crippen molar-refractivity contribution in [1.29, 1.82) is 0 Å². The molecule has 3 nitrogen and oxygen atoms in total. The number of carbonyl (C=O) groups is 1. The summed E-state index contributed by atoms with van der Waals surface area (Å²) in [5, 5.41) is 0. The molecule has 1 aromatic carbocycles. The Balaban J connectivity index is 1.21. The Morgan fingerprint density at radius 3 is 2.16 bits per heavy atom. The molecular weight excluding hydrogens is 396 g/mol. The van der Waals surface area contributed by atoms with Gasteiger partial charge < -0.3 is 9.47 Å². The van der Waals surface area contributed by atoms with Gasteiger partial charge in [-0.1, -0.05) is 24.8 Å². The van der Waals surface area contributed by atoms with Gasteiger partial charge in [-0.3, -0.25) is 4.79 Å². The zero-order chi connectivity index (χ0) is 22.3. The number of rotatable bonds is 7. The highest BCUT2D eigenvalue weighted by Crippen LogP contribution is 2.49. The van der Waals surface area contributed by atoms with Crippen LogP contribution in [0.3, 0.4) is 0 Å². The third-order valence-electron chi connectivity index (χ3n) is 8.34. The van der Waals surface area contributed by atoms with Gasteiger partial charge >= 0.3 is 5.97 Å². The Morgan fingerprint density at radius 1 is 0.875 bits per heavy atom. The third kappa shape index (κ3) is 5.85. The van der Waals surface area contributed by atoms with E-state index in [0.29, 0.717) is 12.4 Å². The molecule has 0 heterocycles. The quantitative estimate of drug-likeness (QED) is 0.254. The highest BCUT2D eigenvalue weighted by atomic mass is 16.5. The number of hydrogen-bond donors (Lipinski definition) is 0. The summed E-state index contributed by atoms with van der Waals surface area (Å²) < 4.78 is 11.2. The fraction of sp³-hybridized carbons (Fsp3) is 0.621. The zero-order valence-corrected chi connectivity index (χ0v) is 19.7. The Kier molecular flexibility index (Phi) is 8.10. The van der Waals surface area contributed by atoms with Crippen LogP contribution in [0.5, 0.6) is 11.5 Å². The highest BCUT2D eigenvalue weighted by molar-refractivity contribution is 5.75. The van der Waals surface area contributed by atoms with Crippen molar-refractivity contribution < 1.29 is 14.3 Å². The van der Waals surface area contributed by atoms with Crippen molar-refractivity contribution in [3.8, 4) is 11.5 Å². The summed E-state index contributed by atoms with van der Waals surface area (Å²) in [6.07, 6.45) is 19.3. The van der Waals surface area contributed by atoms with Gasteiger partial charge in [0.05, 0.1) is 5.92 Å². The van der Waals surface area contributed by atoms with Crippen molar-refractivity contribution >= 4 is 5.97 Å². The lowest BCUT2D eigenvalue weighted by molar-refractivity contribution is -0.140. The number of hydrogen-bond acceptors (Lipinski definition) is 3. The molecule has 0 radical (unpaired) electrons. The van der Waals surface area contributed by atoms with Gasteiger partial charge in [0, 0.05) is 0 Å². The largest absolute Gasteiger partial charge is 0.490 e. The molecule has 174 valence electrons. The molecule has 4 rings (SSSR count). The van der Waals surface area contributed by atoms with E-state index in [0.717, 1.165) is 48.2 Å². The maximum Gasteiger partial charge on any atom is 0.314 e. The van der Waals surface area contributed by atoms with Gasteiger partial charge in [0.2, 0.25) is 0 Å². The maximum atomic E-state index is 12.7. The molecular formula is C29H40O3. The predicted molar refractivity (Wildman–Crippen MR) is 130 cm³/mol. The van der Waals surface area contributed by atoms with E-state index in [9.17, 15) is 4.79 Å². The second-order valence-corrected chi connectivity index (χ2v) is 10.3. The van der Waals surface area contributed by atoms with Crippen LogP contribution in [0.25, 0.3) is 0 Å². The first kappa shape index (κ1) is 23.1. The first-order valence-electron chi connectivity index (χ1n) is 12.8. The van der Waals surface area contributed by atoms with Gasteiger partial charge in [-0.15, -0.1) is 0 Å². The molecule has 32 heavy (non-hydrogen) atoms. The summed E-state index contributed by atoms with van der Waals surface area (Å²) in [6.45, 7) is 6.28. The van der Waals surface area contributed by atoms with Crippen LogP contribution < -0.4 is 9.47 Å². The standard InChI is InChI=1S/C29H40O3/c1-3-5-21-6-7-26-20-25(13-12-24(26)19-21)22-8-10-23(11-9-22)29(30)32-28-16-14-27(15-17-28)31-18-4-2/h3-5,14-17,21-26H,2,6-13,18-20H2,1H3/b5-3+. The molecule has 0 bridgehead atoms. The summed E-state index contributed by atoms with van der Waals surface area (Å²) in [6, 6.07) is 7.30. The lowest BCUT2D eigenvalue weighted by atomic mass is 9.61. The summed E-state index contributed by atoms with van der Waals surface area (Å²) in [5.74, 6) is 5.80. The topological polar surface area (TPSA) is 35.5 Å². The molecule has 1 aromatic rings. The van der Waals surface area contributed by atoms with E-state index in [1.165, 1.54) is 51.4 Å². The summed E-state index contributed by atoms with van der Waals surface area (Å²) in [7, 11) is 0. The van der Waals surface area contributed by atoms with Crippen LogP contribution in [-0.4, -0.2) is 12.6 Å². The van der Waals surface area contributed by atoms with Gasteiger partial charge in [0.15, 0.2) is 0 Å². The van der Waals surface area contributed by atoms with Crippen molar-refractivity contribution in [2.45, 2.75) is 71.1 Å². The smallest absolute Gasteiger partial charge is 0.314 e. The van der Waals surface area contributed by atoms with E-state index >= 15 is 0 Å². The molecule has 0 amide bonds. The molecule has 0 N–H and O–H groups in total. The van der Waals surface area contributed by atoms with Gasteiger partial charge in [-0.2, -0.15) is 0 Å². The minimum absolute atomic E-state index is 0.0514. The predicted octanol–water partition coefficient (Wildman–Crippen LogP) is 7.37. The Bertz CT molecular complexity index is 772. The van der Waals surface area contributed by atoms with Crippen LogP contribution in [0.15, 0.2) is 49.1 Å². The Hall–Kier alpha value is -2.03. The molecule has 3 aliphatic carbocycles.